The number of carbonyl (C=O) groups excluding carboxylic acids is 1. The zero-order valence-corrected chi connectivity index (χ0v) is 14.6. The van der Waals surface area contributed by atoms with E-state index < -0.39 is 5.91 Å². The van der Waals surface area contributed by atoms with E-state index in [0.717, 1.165) is 27.2 Å². The number of nitrogens with two attached hydrogens (primary N) is 1. The maximum atomic E-state index is 11.2. The van der Waals surface area contributed by atoms with Gasteiger partial charge in [0.1, 0.15) is 5.03 Å². The van der Waals surface area contributed by atoms with Gasteiger partial charge in [-0.1, -0.05) is 30.3 Å². The molecule has 1 amide bonds. The number of furan rings is 1. The van der Waals surface area contributed by atoms with Crippen LogP contribution >= 0.6 is 11.8 Å². The fraction of sp³-hybridized carbons (Fsp3) is 0.0500. The smallest absolute Gasteiger partial charge is 0.248 e. The van der Waals surface area contributed by atoms with Crippen LogP contribution in [0.25, 0.3) is 22.5 Å². The maximum Gasteiger partial charge on any atom is 0.248 e. The van der Waals surface area contributed by atoms with Crippen LogP contribution in [0.15, 0.2) is 76.4 Å². The molecule has 0 radical (unpaired) electrons. The van der Waals surface area contributed by atoms with Crippen molar-refractivity contribution in [1.29, 1.82) is 0 Å². The molecule has 6 heteroatoms. The Labute approximate surface area is 154 Å². The van der Waals surface area contributed by atoms with Gasteiger partial charge in [0.05, 0.1) is 11.8 Å². The van der Waals surface area contributed by atoms with Gasteiger partial charge in [0.15, 0.2) is 11.6 Å². The molecule has 128 valence electrons. The standard InChI is InChI=1S/C20H15N3O2S/c21-18(24)14-9-7-13(8-10-14)12-26-20-15-4-1-2-5-16(15)22-19(23-20)17-6-3-11-25-17/h1-11H,12H2,(H2,21,24). The summed E-state index contributed by atoms with van der Waals surface area (Å²) >= 11 is 1.62. The van der Waals surface area contributed by atoms with Gasteiger partial charge < -0.3 is 10.2 Å². The number of para-hydroxylation sites is 1. The molecular weight excluding hydrogens is 346 g/mol. The van der Waals surface area contributed by atoms with Gasteiger partial charge in [0.25, 0.3) is 0 Å². The lowest BCUT2D eigenvalue weighted by atomic mass is 10.1. The molecule has 0 bridgehead atoms. The number of nitrogens with zero attached hydrogens (tertiary/aromatic N) is 2. The van der Waals surface area contributed by atoms with E-state index >= 15 is 0 Å². The molecule has 0 aliphatic rings. The normalized spacial score (nSPS) is 10.9. The highest BCUT2D eigenvalue weighted by atomic mass is 32.2. The highest BCUT2D eigenvalue weighted by Crippen LogP contribution is 2.30. The fourth-order valence-corrected chi connectivity index (χ4v) is 3.57. The monoisotopic (exact) mass is 361 g/mol. The third-order valence-electron chi connectivity index (χ3n) is 3.92. The number of thioether (sulfide) groups is 1. The van der Waals surface area contributed by atoms with Gasteiger partial charge in [0, 0.05) is 16.7 Å². The molecule has 0 saturated carbocycles. The van der Waals surface area contributed by atoms with Gasteiger partial charge in [-0.15, -0.1) is 11.8 Å². The van der Waals surface area contributed by atoms with Crippen LogP contribution < -0.4 is 5.73 Å². The van der Waals surface area contributed by atoms with Crippen LogP contribution in [0, 0.1) is 0 Å². The van der Waals surface area contributed by atoms with Crippen LogP contribution in [0.3, 0.4) is 0 Å². The van der Waals surface area contributed by atoms with E-state index in [2.05, 4.69) is 9.97 Å². The van der Waals surface area contributed by atoms with Crippen LogP contribution in [-0.2, 0) is 5.75 Å². The average molecular weight is 361 g/mol. The van der Waals surface area contributed by atoms with Crippen molar-refractivity contribution in [3.8, 4) is 11.6 Å². The summed E-state index contributed by atoms with van der Waals surface area (Å²) in [4.78, 5) is 20.5. The minimum absolute atomic E-state index is 0.422. The SMILES string of the molecule is NC(=O)c1ccc(CSc2nc(-c3ccco3)nc3ccccc23)cc1. The van der Waals surface area contributed by atoms with Crippen LogP contribution in [0.5, 0.6) is 0 Å². The lowest BCUT2D eigenvalue weighted by Crippen LogP contribution is -2.10. The zero-order valence-electron chi connectivity index (χ0n) is 13.8. The molecule has 0 spiro atoms. The molecule has 2 aromatic carbocycles. The Hall–Kier alpha value is -3.12. The number of amides is 1. The minimum Gasteiger partial charge on any atom is -0.461 e. The first-order valence-corrected chi connectivity index (χ1v) is 9.01. The third kappa shape index (κ3) is 3.32. The number of fused-ring (bicyclic) bond motifs is 1. The third-order valence-corrected chi connectivity index (χ3v) is 4.99. The van der Waals surface area contributed by atoms with Crippen molar-refractivity contribution in [2.45, 2.75) is 10.8 Å². The molecule has 0 unspecified atom stereocenters. The van der Waals surface area contributed by atoms with Gasteiger partial charge in [0.2, 0.25) is 5.91 Å². The molecule has 0 aliphatic heterocycles. The van der Waals surface area contributed by atoms with E-state index in [1.54, 1.807) is 30.2 Å². The quantitative estimate of drug-likeness (QED) is 0.424. The topological polar surface area (TPSA) is 82.0 Å². The molecular formula is C20H15N3O2S. The predicted octanol–water partition coefficient (Wildman–Crippen LogP) is 4.28. The summed E-state index contributed by atoms with van der Waals surface area (Å²) in [5, 5.41) is 1.89. The van der Waals surface area contributed by atoms with E-state index in [1.807, 2.05) is 48.5 Å². The number of benzene rings is 2. The number of carbonyl (C=O) groups is 1. The number of primary amides is 1. The van der Waals surface area contributed by atoms with Crippen molar-refractivity contribution in [2.75, 3.05) is 0 Å². The second-order valence-electron chi connectivity index (χ2n) is 5.70. The van der Waals surface area contributed by atoms with Crippen LogP contribution in [-0.4, -0.2) is 15.9 Å². The molecule has 4 rings (SSSR count). The molecule has 5 nitrogen and oxygen atoms in total. The summed E-state index contributed by atoms with van der Waals surface area (Å²) in [6.07, 6.45) is 1.61. The lowest BCUT2D eigenvalue weighted by Gasteiger charge is -2.08. The Bertz CT molecular complexity index is 1060. The highest BCUT2D eigenvalue weighted by molar-refractivity contribution is 7.98. The molecule has 0 saturated heterocycles. The average Bonchev–Trinajstić information content (AvgIpc) is 3.21. The first kappa shape index (κ1) is 16.4. The summed E-state index contributed by atoms with van der Waals surface area (Å²) in [5.74, 6) is 1.51. The molecule has 26 heavy (non-hydrogen) atoms. The van der Waals surface area contributed by atoms with Gasteiger partial charge in [-0.3, -0.25) is 4.79 Å². The first-order chi connectivity index (χ1) is 12.7. The molecule has 4 aromatic rings. The Kier molecular flexibility index (Phi) is 4.41. The van der Waals surface area contributed by atoms with Crippen molar-refractivity contribution < 1.29 is 9.21 Å². The summed E-state index contributed by atoms with van der Waals surface area (Å²) in [5.41, 5.74) is 7.75. The van der Waals surface area contributed by atoms with Crippen molar-refractivity contribution >= 4 is 28.6 Å². The van der Waals surface area contributed by atoms with Crippen LogP contribution in [0.2, 0.25) is 0 Å². The van der Waals surface area contributed by atoms with Crippen molar-refractivity contribution in [3.63, 3.8) is 0 Å². The summed E-state index contributed by atoms with van der Waals surface area (Å²) in [6, 6.07) is 18.9. The van der Waals surface area contributed by atoms with Gasteiger partial charge >= 0.3 is 0 Å². The number of aromatic nitrogens is 2. The summed E-state index contributed by atoms with van der Waals surface area (Å²) in [6.45, 7) is 0. The van der Waals surface area contributed by atoms with Crippen molar-refractivity contribution in [3.05, 3.63) is 78.1 Å². The Morgan fingerprint density at radius 1 is 1.00 bits per heavy atom. The number of hydrogen-bond donors (Lipinski definition) is 1. The molecule has 0 aliphatic carbocycles. The Morgan fingerprint density at radius 2 is 1.81 bits per heavy atom. The zero-order chi connectivity index (χ0) is 17.9. The summed E-state index contributed by atoms with van der Waals surface area (Å²) in [7, 11) is 0. The molecule has 0 fully saturated rings. The molecule has 2 N–H and O–H groups in total. The summed E-state index contributed by atoms with van der Waals surface area (Å²) < 4.78 is 5.44. The van der Waals surface area contributed by atoms with Gasteiger partial charge in [-0.2, -0.15) is 0 Å². The van der Waals surface area contributed by atoms with Crippen molar-refractivity contribution in [2.24, 2.45) is 5.73 Å². The highest BCUT2D eigenvalue weighted by Gasteiger charge is 2.12. The van der Waals surface area contributed by atoms with E-state index in [-0.39, 0.29) is 0 Å². The van der Waals surface area contributed by atoms with Crippen LogP contribution in [0.4, 0.5) is 0 Å². The first-order valence-electron chi connectivity index (χ1n) is 8.03. The molecule has 2 aromatic heterocycles. The Balaban J connectivity index is 1.65. The van der Waals surface area contributed by atoms with Crippen molar-refractivity contribution in [1.82, 2.24) is 9.97 Å². The number of hydrogen-bond acceptors (Lipinski definition) is 5. The van der Waals surface area contributed by atoms with E-state index in [0.29, 0.717) is 17.1 Å². The second-order valence-corrected chi connectivity index (χ2v) is 6.66. The van der Waals surface area contributed by atoms with Gasteiger partial charge in [-0.05, 0) is 35.9 Å². The largest absolute Gasteiger partial charge is 0.461 e. The lowest BCUT2D eigenvalue weighted by molar-refractivity contribution is 0.100. The number of rotatable bonds is 5. The van der Waals surface area contributed by atoms with E-state index in [4.69, 9.17) is 10.2 Å². The minimum atomic E-state index is -0.422. The Morgan fingerprint density at radius 3 is 2.54 bits per heavy atom. The fourth-order valence-electron chi connectivity index (χ4n) is 2.59. The predicted molar refractivity (Wildman–Crippen MR) is 102 cm³/mol. The molecule has 2 heterocycles. The van der Waals surface area contributed by atoms with E-state index in [1.165, 1.54) is 0 Å². The van der Waals surface area contributed by atoms with E-state index in [9.17, 15) is 4.79 Å². The maximum absolute atomic E-state index is 11.2. The second kappa shape index (κ2) is 7.01. The molecule has 0 atom stereocenters. The van der Waals surface area contributed by atoms with Crippen LogP contribution in [0.1, 0.15) is 15.9 Å². The van der Waals surface area contributed by atoms with Gasteiger partial charge in [-0.25, -0.2) is 9.97 Å².